The van der Waals surface area contributed by atoms with Gasteiger partial charge >= 0.3 is 0 Å². The van der Waals surface area contributed by atoms with Gasteiger partial charge in [0.25, 0.3) is 0 Å². The van der Waals surface area contributed by atoms with Crippen molar-refractivity contribution in [1.82, 2.24) is 10.2 Å². The molecule has 3 nitrogen and oxygen atoms in total. The van der Waals surface area contributed by atoms with Crippen LogP contribution in [0.4, 0.5) is 0 Å². The maximum absolute atomic E-state index is 5.81. The minimum atomic E-state index is 0.409. The fraction of sp³-hybridized carbons (Fsp3) is 0.429. The smallest absolute Gasteiger partial charge is 0.124 e. The Balaban J connectivity index is 1.33. The Morgan fingerprint density at radius 1 is 1.04 bits per heavy atom. The first-order valence-corrected chi connectivity index (χ1v) is 10.0. The molecule has 0 radical (unpaired) electrons. The van der Waals surface area contributed by atoms with Crippen molar-refractivity contribution in [2.45, 2.75) is 37.9 Å². The molecule has 2 heterocycles. The summed E-state index contributed by atoms with van der Waals surface area (Å²) in [5, 5.41) is 3.90. The van der Waals surface area contributed by atoms with Gasteiger partial charge in [-0.15, -0.1) is 0 Å². The minimum Gasteiger partial charge on any atom is -0.493 e. The van der Waals surface area contributed by atoms with Crippen LogP contribution in [0.3, 0.4) is 0 Å². The summed E-state index contributed by atoms with van der Waals surface area (Å²) >= 11 is 3.59. The molecule has 1 unspecified atom stereocenters. The molecule has 4 heteroatoms. The molecule has 2 aliphatic rings. The molecular formula is C21H25BrN2O. The Labute approximate surface area is 158 Å². The van der Waals surface area contributed by atoms with E-state index in [0.29, 0.717) is 12.1 Å². The number of ether oxygens (including phenoxy) is 1. The number of rotatable bonds is 4. The summed E-state index contributed by atoms with van der Waals surface area (Å²) in [5.74, 6) is 1.04. The zero-order chi connectivity index (χ0) is 17.1. The van der Waals surface area contributed by atoms with Gasteiger partial charge in [-0.25, -0.2) is 0 Å². The van der Waals surface area contributed by atoms with Crippen LogP contribution < -0.4 is 10.1 Å². The predicted molar refractivity (Wildman–Crippen MR) is 105 cm³/mol. The number of piperidine rings is 1. The van der Waals surface area contributed by atoms with Gasteiger partial charge in [0.15, 0.2) is 0 Å². The van der Waals surface area contributed by atoms with E-state index in [1.165, 1.54) is 37.1 Å². The van der Waals surface area contributed by atoms with Gasteiger partial charge in [-0.3, -0.25) is 4.90 Å². The molecule has 0 bridgehead atoms. The molecule has 4 rings (SSSR count). The van der Waals surface area contributed by atoms with Gasteiger partial charge in [0.05, 0.1) is 6.61 Å². The van der Waals surface area contributed by atoms with Gasteiger partial charge in [-0.05, 0) is 49.7 Å². The van der Waals surface area contributed by atoms with E-state index in [1.54, 1.807) is 0 Å². The molecule has 2 aromatic rings. The molecular weight excluding hydrogens is 376 g/mol. The number of hydrogen-bond donors (Lipinski definition) is 1. The third-order valence-electron chi connectivity index (χ3n) is 5.28. The number of fused-ring (bicyclic) bond motifs is 1. The van der Waals surface area contributed by atoms with Gasteiger partial charge in [0, 0.05) is 35.1 Å². The second-order valence-electron chi connectivity index (χ2n) is 7.07. The number of likely N-dealkylation sites (tertiary alicyclic amines) is 1. The highest BCUT2D eigenvalue weighted by Crippen LogP contribution is 2.35. The lowest BCUT2D eigenvalue weighted by Gasteiger charge is -2.36. The molecule has 2 aliphatic heterocycles. The van der Waals surface area contributed by atoms with Crippen molar-refractivity contribution in [3.8, 4) is 5.75 Å². The van der Waals surface area contributed by atoms with E-state index in [4.69, 9.17) is 4.74 Å². The average Bonchev–Trinajstić information content (AvgIpc) is 2.65. The van der Waals surface area contributed by atoms with Crippen LogP contribution in [0.5, 0.6) is 5.75 Å². The molecule has 0 aliphatic carbocycles. The van der Waals surface area contributed by atoms with E-state index < -0.39 is 0 Å². The molecule has 0 saturated carbocycles. The van der Waals surface area contributed by atoms with Crippen molar-refractivity contribution < 1.29 is 4.74 Å². The van der Waals surface area contributed by atoms with E-state index in [1.807, 2.05) is 0 Å². The maximum Gasteiger partial charge on any atom is 0.124 e. The van der Waals surface area contributed by atoms with Crippen LogP contribution in [-0.4, -0.2) is 30.6 Å². The van der Waals surface area contributed by atoms with Crippen molar-refractivity contribution in [3.63, 3.8) is 0 Å². The van der Waals surface area contributed by atoms with E-state index in [-0.39, 0.29) is 0 Å². The minimum absolute atomic E-state index is 0.409. The number of halogens is 1. The number of benzene rings is 2. The lowest BCUT2D eigenvalue weighted by atomic mass is 9.97. The first kappa shape index (κ1) is 17.1. The van der Waals surface area contributed by atoms with Crippen LogP contribution in [0, 0.1) is 0 Å². The van der Waals surface area contributed by atoms with E-state index in [0.717, 1.165) is 29.8 Å². The third kappa shape index (κ3) is 4.25. The van der Waals surface area contributed by atoms with Gasteiger partial charge in [0.1, 0.15) is 5.75 Å². The fourth-order valence-corrected chi connectivity index (χ4v) is 4.30. The van der Waals surface area contributed by atoms with Crippen molar-refractivity contribution in [2.75, 3.05) is 19.7 Å². The summed E-state index contributed by atoms with van der Waals surface area (Å²) in [6, 6.07) is 18.1. The van der Waals surface area contributed by atoms with Gasteiger partial charge < -0.3 is 10.1 Å². The summed E-state index contributed by atoms with van der Waals surface area (Å²) in [6.45, 7) is 4.21. The molecule has 0 spiro atoms. The molecule has 132 valence electrons. The Bertz CT molecular complexity index is 698. The zero-order valence-corrected chi connectivity index (χ0v) is 16.0. The number of nitrogens with zero attached hydrogens (tertiary/aromatic N) is 1. The molecule has 25 heavy (non-hydrogen) atoms. The van der Waals surface area contributed by atoms with Crippen molar-refractivity contribution in [2.24, 2.45) is 0 Å². The largest absolute Gasteiger partial charge is 0.493 e. The number of nitrogens with one attached hydrogen (secondary N) is 1. The number of hydrogen-bond acceptors (Lipinski definition) is 3. The first-order valence-electron chi connectivity index (χ1n) is 9.22. The monoisotopic (exact) mass is 400 g/mol. The van der Waals surface area contributed by atoms with Gasteiger partial charge in [-0.1, -0.05) is 46.3 Å². The Kier molecular flexibility index (Phi) is 5.39. The highest BCUT2D eigenvalue weighted by molar-refractivity contribution is 9.10. The Morgan fingerprint density at radius 3 is 2.64 bits per heavy atom. The van der Waals surface area contributed by atoms with Crippen LogP contribution in [-0.2, 0) is 6.54 Å². The first-order chi connectivity index (χ1) is 12.3. The summed E-state index contributed by atoms with van der Waals surface area (Å²) in [5.41, 5.74) is 2.71. The summed E-state index contributed by atoms with van der Waals surface area (Å²) < 4.78 is 6.94. The Hall–Kier alpha value is -1.36. The maximum atomic E-state index is 5.81. The molecule has 1 fully saturated rings. The van der Waals surface area contributed by atoms with Gasteiger partial charge in [0.2, 0.25) is 0 Å². The zero-order valence-electron chi connectivity index (χ0n) is 14.5. The average molecular weight is 401 g/mol. The van der Waals surface area contributed by atoms with Gasteiger partial charge in [-0.2, -0.15) is 0 Å². The standard InChI is InChI=1S/C21H25BrN2O/c22-17-6-7-21-19(14-17)20(10-13-25-21)23-18-8-11-24(12-9-18)15-16-4-2-1-3-5-16/h1-7,14,18,20,23H,8-13,15H2. The van der Waals surface area contributed by atoms with Crippen LogP contribution in [0.15, 0.2) is 53.0 Å². The molecule has 0 aromatic heterocycles. The van der Waals surface area contributed by atoms with Crippen LogP contribution in [0.1, 0.15) is 36.4 Å². The topological polar surface area (TPSA) is 24.5 Å². The third-order valence-corrected chi connectivity index (χ3v) is 5.78. The molecule has 1 atom stereocenters. The van der Waals surface area contributed by atoms with E-state index >= 15 is 0 Å². The molecule has 1 saturated heterocycles. The second-order valence-corrected chi connectivity index (χ2v) is 7.99. The van der Waals surface area contributed by atoms with E-state index in [2.05, 4.69) is 74.7 Å². The fourth-order valence-electron chi connectivity index (χ4n) is 3.92. The van der Waals surface area contributed by atoms with Crippen LogP contribution in [0.2, 0.25) is 0 Å². The highest BCUT2D eigenvalue weighted by Gasteiger charge is 2.26. The Morgan fingerprint density at radius 2 is 1.84 bits per heavy atom. The van der Waals surface area contributed by atoms with Crippen LogP contribution in [0.25, 0.3) is 0 Å². The molecule has 0 amide bonds. The van der Waals surface area contributed by atoms with Crippen molar-refractivity contribution in [3.05, 3.63) is 64.1 Å². The normalized spacial score (nSPS) is 21.6. The second kappa shape index (κ2) is 7.90. The van der Waals surface area contributed by atoms with Crippen LogP contribution >= 0.6 is 15.9 Å². The lowest BCUT2D eigenvalue weighted by molar-refractivity contribution is 0.172. The quantitative estimate of drug-likeness (QED) is 0.815. The summed E-state index contributed by atoms with van der Waals surface area (Å²) in [6.07, 6.45) is 3.48. The predicted octanol–water partition coefficient (Wildman–Crippen LogP) is 4.53. The molecule has 1 N–H and O–H groups in total. The summed E-state index contributed by atoms with van der Waals surface area (Å²) in [7, 11) is 0. The van der Waals surface area contributed by atoms with E-state index in [9.17, 15) is 0 Å². The molecule has 2 aromatic carbocycles. The van der Waals surface area contributed by atoms with Crippen molar-refractivity contribution in [1.29, 1.82) is 0 Å². The van der Waals surface area contributed by atoms with Crippen molar-refractivity contribution >= 4 is 15.9 Å². The lowest BCUT2D eigenvalue weighted by Crippen LogP contribution is -2.44. The SMILES string of the molecule is Brc1ccc2c(c1)C(NC1CCN(Cc3ccccc3)CC1)CCO2. The highest BCUT2D eigenvalue weighted by atomic mass is 79.9. The summed E-state index contributed by atoms with van der Waals surface area (Å²) in [4.78, 5) is 2.57.